The van der Waals surface area contributed by atoms with E-state index in [9.17, 15) is 10.2 Å². The molecule has 0 heterocycles. The molecule has 2 atom stereocenters. The highest BCUT2D eigenvalue weighted by molar-refractivity contribution is 5.53. The van der Waals surface area contributed by atoms with Crippen LogP contribution in [0.3, 0.4) is 0 Å². The Kier molecular flexibility index (Phi) is 5.37. The van der Waals surface area contributed by atoms with Gasteiger partial charge in [-0.3, -0.25) is 0 Å². The Morgan fingerprint density at radius 2 is 1.56 bits per heavy atom. The summed E-state index contributed by atoms with van der Waals surface area (Å²) in [6.07, 6.45) is 4.21. The molecule has 2 aromatic carbocycles. The lowest BCUT2D eigenvalue weighted by Crippen LogP contribution is -2.23. The van der Waals surface area contributed by atoms with E-state index in [1.807, 2.05) is 30.3 Å². The smallest absolute Gasteiger partial charge is 0.123 e. The Morgan fingerprint density at radius 3 is 2.11 bits per heavy atom. The van der Waals surface area contributed by atoms with Gasteiger partial charge in [0, 0.05) is 11.0 Å². The molecular formula is C25H32O2. The second kappa shape index (κ2) is 7.42. The molecule has 0 saturated heterocycles. The summed E-state index contributed by atoms with van der Waals surface area (Å²) in [4.78, 5) is 0. The maximum atomic E-state index is 10.9. The van der Waals surface area contributed by atoms with Gasteiger partial charge in [0.25, 0.3) is 0 Å². The molecule has 0 saturated carbocycles. The third-order valence-corrected chi connectivity index (χ3v) is 6.38. The van der Waals surface area contributed by atoms with Gasteiger partial charge < -0.3 is 10.2 Å². The topological polar surface area (TPSA) is 40.5 Å². The Bertz CT molecular complexity index is 808. The van der Waals surface area contributed by atoms with Crippen molar-refractivity contribution >= 4 is 0 Å². The van der Waals surface area contributed by atoms with Crippen LogP contribution in [0.5, 0.6) is 11.5 Å². The predicted molar refractivity (Wildman–Crippen MR) is 112 cm³/mol. The van der Waals surface area contributed by atoms with Crippen molar-refractivity contribution in [3.63, 3.8) is 0 Å². The van der Waals surface area contributed by atoms with Gasteiger partial charge in [0.15, 0.2) is 0 Å². The molecule has 0 aromatic heterocycles. The zero-order valence-electron chi connectivity index (χ0n) is 17.2. The summed E-state index contributed by atoms with van der Waals surface area (Å²) >= 11 is 0. The summed E-state index contributed by atoms with van der Waals surface area (Å²) in [5.41, 5.74) is 3.84. The van der Waals surface area contributed by atoms with Crippen molar-refractivity contribution in [2.75, 3.05) is 0 Å². The maximum Gasteiger partial charge on any atom is 0.123 e. The first-order valence-corrected chi connectivity index (χ1v) is 9.99. The standard InChI is InChI=1S/C25H32O2/c1-16(2)20-12-11-17(3)13-21(20)24-22(26)14-19(15-23(24)27)25(4,5)18-9-7-6-8-10-18/h6-11,14-16,20-21,26-27H,12-13H2,1-5H3/t20-,21+/m0/s1. The second-order valence-electron chi connectivity index (χ2n) is 8.92. The average Bonchev–Trinajstić information content (AvgIpc) is 2.61. The average molecular weight is 365 g/mol. The molecule has 2 nitrogen and oxygen atoms in total. The molecule has 0 unspecified atom stereocenters. The quantitative estimate of drug-likeness (QED) is 0.606. The molecule has 27 heavy (non-hydrogen) atoms. The van der Waals surface area contributed by atoms with E-state index in [4.69, 9.17) is 0 Å². The highest BCUT2D eigenvalue weighted by Crippen LogP contribution is 2.49. The van der Waals surface area contributed by atoms with E-state index in [0.717, 1.165) is 24.0 Å². The number of hydrogen-bond donors (Lipinski definition) is 2. The van der Waals surface area contributed by atoms with E-state index in [1.54, 1.807) is 0 Å². The summed E-state index contributed by atoms with van der Waals surface area (Å²) in [5.74, 6) is 1.53. The van der Waals surface area contributed by atoms with E-state index >= 15 is 0 Å². The Balaban J connectivity index is 2.04. The molecule has 0 radical (unpaired) electrons. The van der Waals surface area contributed by atoms with E-state index in [2.05, 4.69) is 52.8 Å². The lowest BCUT2D eigenvalue weighted by atomic mass is 9.70. The zero-order valence-corrected chi connectivity index (χ0v) is 17.2. The van der Waals surface area contributed by atoms with Crippen LogP contribution < -0.4 is 0 Å². The first-order chi connectivity index (χ1) is 12.7. The van der Waals surface area contributed by atoms with Crippen LogP contribution in [0.2, 0.25) is 0 Å². The van der Waals surface area contributed by atoms with Crippen LogP contribution in [0.25, 0.3) is 0 Å². The minimum absolute atomic E-state index is 0.156. The molecule has 0 aliphatic heterocycles. The van der Waals surface area contributed by atoms with Crippen molar-refractivity contribution in [3.8, 4) is 11.5 Å². The van der Waals surface area contributed by atoms with Crippen LogP contribution >= 0.6 is 0 Å². The van der Waals surface area contributed by atoms with Crippen LogP contribution in [0, 0.1) is 11.8 Å². The lowest BCUT2D eigenvalue weighted by Gasteiger charge is -2.35. The van der Waals surface area contributed by atoms with Crippen molar-refractivity contribution in [2.24, 2.45) is 11.8 Å². The van der Waals surface area contributed by atoms with Crippen LogP contribution in [-0.4, -0.2) is 10.2 Å². The van der Waals surface area contributed by atoms with Crippen molar-refractivity contribution < 1.29 is 10.2 Å². The van der Waals surface area contributed by atoms with Gasteiger partial charge in [-0.2, -0.15) is 0 Å². The third-order valence-electron chi connectivity index (χ3n) is 6.38. The summed E-state index contributed by atoms with van der Waals surface area (Å²) in [7, 11) is 0. The van der Waals surface area contributed by atoms with Crippen molar-refractivity contribution in [3.05, 3.63) is 70.8 Å². The van der Waals surface area contributed by atoms with Crippen LogP contribution in [-0.2, 0) is 5.41 Å². The third kappa shape index (κ3) is 3.76. The van der Waals surface area contributed by atoms with Gasteiger partial charge in [-0.15, -0.1) is 0 Å². The predicted octanol–water partition coefficient (Wildman–Crippen LogP) is 6.52. The molecule has 0 amide bonds. The molecule has 0 fully saturated rings. The van der Waals surface area contributed by atoms with Gasteiger partial charge >= 0.3 is 0 Å². The van der Waals surface area contributed by atoms with E-state index in [-0.39, 0.29) is 22.8 Å². The second-order valence-corrected chi connectivity index (χ2v) is 8.92. The van der Waals surface area contributed by atoms with Crippen molar-refractivity contribution in [2.45, 2.75) is 58.8 Å². The Morgan fingerprint density at radius 1 is 0.963 bits per heavy atom. The van der Waals surface area contributed by atoms with Crippen molar-refractivity contribution in [1.29, 1.82) is 0 Å². The largest absolute Gasteiger partial charge is 0.508 e. The molecule has 2 heteroatoms. The summed E-state index contributed by atoms with van der Waals surface area (Å²) in [5, 5.41) is 21.9. The number of benzene rings is 2. The SMILES string of the molecule is CC1=CC[C@@H](C(C)C)[C@H](c2c(O)cc(C(C)(C)c3ccccc3)cc2O)C1. The number of rotatable bonds is 4. The molecular weight excluding hydrogens is 332 g/mol. The molecule has 144 valence electrons. The minimum Gasteiger partial charge on any atom is -0.508 e. The van der Waals surface area contributed by atoms with E-state index in [0.29, 0.717) is 17.4 Å². The van der Waals surface area contributed by atoms with Gasteiger partial charge in [-0.25, -0.2) is 0 Å². The van der Waals surface area contributed by atoms with Gasteiger partial charge in [-0.1, -0.05) is 69.7 Å². The number of hydrogen-bond acceptors (Lipinski definition) is 2. The van der Waals surface area contributed by atoms with Crippen LogP contribution in [0.15, 0.2) is 54.1 Å². The van der Waals surface area contributed by atoms with Gasteiger partial charge in [0.1, 0.15) is 11.5 Å². The fourth-order valence-electron chi connectivity index (χ4n) is 4.52. The normalized spacial score (nSPS) is 20.6. The van der Waals surface area contributed by atoms with Gasteiger partial charge in [0.05, 0.1) is 0 Å². The summed E-state index contributed by atoms with van der Waals surface area (Å²) < 4.78 is 0. The first kappa shape index (κ1) is 19.5. The number of phenolic OH excluding ortho intramolecular Hbond substituents is 2. The van der Waals surface area contributed by atoms with E-state index in [1.165, 1.54) is 5.57 Å². The number of phenols is 2. The molecule has 0 spiro atoms. The highest BCUT2D eigenvalue weighted by Gasteiger charge is 2.33. The Hall–Kier alpha value is -2.22. The number of aromatic hydroxyl groups is 2. The first-order valence-electron chi connectivity index (χ1n) is 9.99. The van der Waals surface area contributed by atoms with Crippen molar-refractivity contribution in [1.82, 2.24) is 0 Å². The van der Waals surface area contributed by atoms with E-state index < -0.39 is 0 Å². The van der Waals surface area contributed by atoms with Gasteiger partial charge in [0.2, 0.25) is 0 Å². The number of allylic oxidation sites excluding steroid dienone is 2. The molecule has 1 aliphatic rings. The monoisotopic (exact) mass is 364 g/mol. The minimum atomic E-state index is -0.297. The Labute approximate surface area is 163 Å². The fraction of sp³-hybridized carbons (Fsp3) is 0.440. The maximum absolute atomic E-state index is 10.9. The zero-order chi connectivity index (χ0) is 19.8. The van der Waals surface area contributed by atoms with Crippen LogP contribution in [0.4, 0.5) is 0 Å². The summed E-state index contributed by atoms with van der Waals surface area (Å²) in [6.45, 7) is 10.9. The molecule has 1 aliphatic carbocycles. The molecule has 0 bridgehead atoms. The van der Waals surface area contributed by atoms with Crippen LogP contribution in [0.1, 0.15) is 70.1 Å². The fourth-order valence-corrected chi connectivity index (χ4v) is 4.52. The molecule has 2 aromatic rings. The molecule has 3 rings (SSSR count). The lowest BCUT2D eigenvalue weighted by molar-refractivity contribution is 0.292. The summed E-state index contributed by atoms with van der Waals surface area (Å²) in [6, 6.07) is 13.9. The van der Waals surface area contributed by atoms with Gasteiger partial charge in [-0.05, 0) is 60.8 Å². The highest BCUT2D eigenvalue weighted by atomic mass is 16.3. The molecule has 2 N–H and O–H groups in total.